The molecule has 0 unspecified atom stereocenters. The van der Waals surface area contributed by atoms with Crippen LogP contribution in [0.1, 0.15) is 29.5 Å². The second-order valence-electron chi connectivity index (χ2n) is 6.19. The summed E-state index contributed by atoms with van der Waals surface area (Å²) in [6.07, 6.45) is 1.90. The highest BCUT2D eigenvalue weighted by molar-refractivity contribution is 7.15. The van der Waals surface area contributed by atoms with E-state index in [1.807, 2.05) is 6.92 Å². The number of nitrogens with zero attached hydrogens (tertiary/aromatic N) is 2. The number of amides is 1. The van der Waals surface area contributed by atoms with Gasteiger partial charge in [-0.05, 0) is 37.5 Å². The summed E-state index contributed by atoms with van der Waals surface area (Å²) in [5.74, 6) is 0.0829. The topological polar surface area (TPSA) is 104 Å². The second-order valence-corrected chi connectivity index (χ2v) is 7.20. The number of fused-ring (bicyclic) bond motifs is 1. The first kappa shape index (κ1) is 17.6. The summed E-state index contributed by atoms with van der Waals surface area (Å²) in [6.45, 7) is 2.36. The highest BCUT2D eigenvalue weighted by atomic mass is 32.1. The lowest BCUT2D eigenvalue weighted by Crippen LogP contribution is -2.20. The molecule has 0 aliphatic carbocycles. The molecule has 1 fully saturated rings. The van der Waals surface area contributed by atoms with Gasteiger partial charge in [-0.1, -0.05) is 11.3 Å². The van der Waals surface area contributed by atoms with Crippen molar-refractivity contribution in [2.24, 2.45) is 0 Å². The lowest BCUT2D eigenvalue weighted by Gasteiger charge is -2.07. The Hall–Kier alpha value is -2.78. The zero-order valence-corrected chi connectivity index (χ0v) is 15.4. The van der Waals surface area contributed by atoms with Gasteiger partial charge in [0.05, 0.1) is 0 Å². The highest BCUT2D eigenvalue weighted by Crippen LogP contribution is 2.31. The molecule has 0 bridgehead atoms. The van der Waals surface area contributed by atoms with Gasteiger partial charge in [-0.2, -0.15) is 0 Å². The molecule has 1 N–H and O–H groups in total. The number of carbonyl (C=O) groups is 1. The van der Waals surface area contributed by atoms with E-state index >= 15 is 0 Å². The summed E-state index contributed by atoms with van der Waals surface area (Å²) < 4.78 is 16.2. The van der Waals surface area contributed by atoms with Gasteiger partial charge >= 0.3 is 5.63 Å². The molecular formula is C18H17N3O5S. The molecule has 1 aliphatic rings. The molecule has 3 heterocycles. The number of nitrogens with one attached hydrogen (secondary N) is 1. The number of aryl methyl sites for hydroxylation is 1. The van der Waals surface area contributed by atoms with Crippen LogP contribution in [-0.2, 0) is 9.53 Å². The molecule has 0 spiro atoms. The van der Waals surface area contributed by atoms with Gasteiger partial charge in [0.15, 0.2) is 6.61 Å². The Morgan fingerprint density at radius 3 is 3.07 bits per heavy atom. The van der Waals surface area contributed by atoms with Crippen LogP contribution in [0.25, 0.3) is 11.0 Å². The molecule has 1 atom stereocenters. The predicted octanol–water partition coefficient (Wildman–Crippen LogP) is 2.82. The van der Waals surface area contributed by atoms with Gasteiger partial charge in [-0.3, -0.25) is 10.1 Å². The van der Waals surface area contributed by atoms with Crippen molar-refractivity contribution in [3.05, 3.63) is 45.3 Å². The van der Waals surface area contributed by atoms with Crippen molar-refractivity contribution in [2.75, 3.05) is 18.5 Å². The van der Waals surface area contributed by atoms with Crippen molar-refractivity contribution >= 4 is 33.3 Å². The summed E-state index contributed by atoms with van der Waals surface area (Å²) in [7, 11) is 0. The van der Waals surface area contributed by atoms with E-state index in [1.165, 1.54) is 17.4 Å². The molecule has 9 heteroatoms. The maximum absolute atomic E-state index is 12.1. The maximum Gasteiger partial charge on any atom is 0.336 e. The molecular weight excluding hydrogens is 370 g/mol. The second kappa shape index (κ2) is 7.45. The molecule has 3 aromatic rings. The van der Waals surface area contributed by atoms with Crippen LogP contribution in [0.15, 0.2) is 33.5 Å². The fraction of sp³-hybridized carbons (Fsp3) is 0.333. The van der Waals surface area contributed by atoms with Crippen LogP contribution in [-0.4, -0.2) is 29.3 Å². The molecule has 4 rings (SSSR count). The summed E-state index contributed by atoms with van der Waals surface area (Å²) in [6, 6.07) is 6.54. The zero-order chi connectivity index (χ0) is 18.8. The van der Waals surface area contributed by atoms with Crippen molar-refractivity contribution in [3.63, 3.8) is 0 Å². The maximum atomic E-state index is 12.1. The number of hydrogen-bond donors (Lipinski definition) is 1. The number of aromatic nitrogens is 2. The van der Waals surface area contributed by atoms with Crippen LogP contribution in [0.5, 0.6) is 5.75 Å². The van der Waals surface area contributed by atoms with Crippen molar-refractivity contribution in [1.29, 1.82) is 0 Å². The summed E-state index contributed by atoms with van der Waals surface area (Å²) in [5.41, 5.74) is 0.820. The lowest BCUT2D eigenvalue weighted by atomic mass is 10.1. The van der Waals surface area contributed by atoms with E-state index in [0.29, 0.717) is 16.5 Å². The Balaban J connectivity index is 1.37. The van der Waals surface area contributed by atoms with Crippen LogP contribution in [0, 0.1) is 6.92 Å². The van der Waals surface area contributed by atoms with E-state index in [-0.39, 0.29) is 18.6 Å². The van der Waals surface area contributed by atoms with Gasteiger partial charge in [0, 0.05) is 24.1 Å². The predicted molar refractivity (Wildman–Crippen MR) is 99.2 cm³/mol. The first-order valence-corrected chi connectivity index (χ1v) is 9.32. The Bertz CT molecular complexity index is 1040. The fourth-order valence-electron chi connectivity index (χ4n) is 2.89. The number of rotatable bonds is 5. The van der Waals surface area contributed by atoms with Crippen LogP contribution in [0.2, 0.25) is 0 Å². The summed E-state index contributed by atoms with van der Waals surface area (Å²) >= 11 is 1.30. The van der Waals surface area contributed by atoms with E-state index in [9.17, 15) is 9.59 Å². The largest absolute Gasteiger partial charge is 0.484 e. The molecule has 1 aromatic carbocycles. The molecule has 8 nitrogen and oxygen atoms in total. The van der Waals surface area contributed by atoms with Gasteiger partial charge < -0.3 is 13.9 Å². The Labute approximate surface area is 158 Å². The van der Waals surface area contributed by atoms with Crippen molar-refractivity contribution in [2.45, 2.75) is 25.9 Å². The van der Waals surface area contributed by atoms with Gasteiger partial charge in [-0.15, -0.1) is 10.2 Å². The minimum Gasteiger partial charge on any atom is -0.484 e. The van der Waals surface area contributed by atoms with Crippen LogP contribution in [0.4, 0.5) is 5.13 Å². The first-order valence-electron chi connectivity index (χ1n) is 8.50. The Morgan fingerprint density at radius 1 is 1.37 bits per heavy atom. The SMILES string of the molecule is Cc1cc(=O)oc2cc(OCC(=O)Nc3nnc([C@H]4CCCO4)s3)ccc12. The molecule has 0 saturated carbocycles. The molecule has 1 amide bonds. The molecule has 0 radical (unpaired) electrons. The molecule has 2 aromatic heterocycles. The third-order valence-electron chi connectivity index (χ3n) is 4.18. The average Bonchev–Trinajstić information content (AvgIpc) is 3.31. The van der Waals surface area contributed by atoms with Crippen LogP contribution >= 0.6 is 11.3 Å². The normalized spacial score (nSPS) is 16.6. The van der Waals surface area contributed by atoms with E-state index in [1.54, 1.807) is 18.2 Å². The smallest absolute Gasteiger partial charge is 0.336 e. The van der Waals surface area contributed by atoms with E-state index in [4.69, 9.17) is 13.9 Å². The van der Waals surface area contributed by atoms with Crippen molar-refractivity contribution < 1.29 is 18.7 Å². The van der Waals surface area contributed by atoms with Crippen molar-refractivity contribution in [3.8, 4) is 5.75 Å². The standard InChI is InChI=1S/C18H17N3O5S/c1-10-7-16(23)26-14-8-11(4-5-12(10)14)25-9-15(22)19-18-21-20-17(27-18)13-3-2-6-24-13/h4-5,7-8,13H,2-3,6,9H2,1H3,(H,19,21,22)/t13-/m1/s1. The summed E-state index contributed by atoms with van der Waals surface area (Å²) in [5, 5.41) is 12.7. The van der Waals surface area contributed by atoms with Crippen molar-refractivity contribution in [1.82, 2.24) is 10.2 Å². The molecule has 1 saturated heterocycles. The first-order chi connectivity index (χ1) is 13.1. The third-order valence-corrected chi connectivity index (χ3v) is 5.12. The minimum atomic E-state index is -0.423. The summed E-state index contributed by atoms with van der Waals surface area (Å²) in [4.78, 5) is 23.6. The third kappa shape index (κ3) is 3.99. The number of anilines is 1. The molecule has 140 valence electrons. The van der Waals surface area contributed by atoms with Crippen LogP contribution in [0.3, 0.4) is 0 Å². The fourth-order valence-corrected chi connectivity index (χ4v) is 3.73. The molecule has 27 heavy (non-hydrogen) atoms. The lowest BCUT2D eigenvalue weighted by molar-refractivity contribution is -0.118. The van der Waals surface area contributed by atoms with E-state index in [0.717, 1.165) is 35.4 Å². The number of benzene rings is 1. The van der Waals surface area contributed by atoms with Gasteiger partial charge in [-0.25, -0.2) is 4.79 Å². The Morgan fingerprint density at radius 2 is 2.26 bits per heavy atom. The van der Waals surface area contributed by atoms with Gasteiger partial charge in [0.25, 0.3) is 5.91 Å². The van der Waals surface area contributed by atoms with Gasteiger partial charge in [0.2, 0.25) is 5.13 Å². The van der Waals surface area contributed by atoms with E-state index < -0.39 is 5.63 Å². The average molecular weight is 387 g/mol. The number of ether oxygens (including phenoxy) is 2. The number of carbonyl (C=O) groups excluding carboxylic acids is 1. The quantitative estimate of drug-likeness (QED) is 0.671. The van der Waals surface area contributed by atoms with E-state index in [2.05, 4.69) is 15.5 Å². The number of hydrogen-bond acceptors (Lipinski definition) is 8. The minimum absolute atomic E-state index is 0.0277. The molecule has 1 aliphatic heterocycles. The monoisotopic (exact) mass is 387 g/mol. The van der Waals surface area contributed by atoms with Crippen LogP contribution < -0.4 is 15.7 Å². The Kier molecular flexibility index (Phi) is 4.87. The zero-order valence-electron chi connectivity index (χ0n) is 14.6. The highest BCUT2D eigenvalue weighted by Gasteiger charge is 2.22. The van der Waals surface area contributed by atoms with Gasteiger partial charge in [0.1, 0.15) is 22.4 Å².